The van der Waals surface area contributed by atoms with Gasteiger partial charge in [0.1, 0.15) is 5.75 Å². The van der Waals surface area contributed by atoms with Crippen molar-refractivity contribution in [3.8, 4) is 11.6 Å². The summed E-state index contributed by atoms with van der Waals surface area (Å²) >= 11 is 5.94. The lowest BCUT2D eigenvalue weighted by Crippen LogP contribution is -2.05. The number of aromatic nitrogens is 1. The number of halogens is 1. The quantitative estimate of drug-likeness (QED) is 0.924. The van der Waals surface area contributed by atoms with Crippen LogP contribution in [0.4, 0.5) is 0 Å². The monoisotopic (exact) mass is 276 g/mol. The molecule has 0 atom stereocenters. The van der Waals surface area contributed by atoms with Crippen molar-refractivity contribution in [1.82, 2.24) is 4.98 Å². The van der Waals surface area contributed by atoms with E-state index in [1.165, 1.54) is 0 Å². The molecule has 0 spiro atoms. The molecule has 1 heterocycles. The summed E-state index contributed by atoms with van der Waals surface area (Å²) in [6.45, 7) is 6.31. The zero-order valence-electron chi connectivity index (χ0n) is 11.3. The Balaban J connectivity index is 2.42. The van der Waals surface area contributed by atoms with Crippen molar-refractivity contribution in [3.05, 3.63) is 51.7 Å². The average Bonchev–Trinajstić information content (AvgIpc) is 2.32. The third-order valence-corrected chi connectivity index (χ3v) is 3.22. The maximum absolute atomic E-state index is 5.94. The van der Waals surface area contributed by atoms with E-state index in [2.05, 4.69) is 4.98 Å². The fraction of sp³-hybridized carbons (Fsp3) is 0.267. The molecular formula is C15H17ClN2O. The molecule has 0 amide bonds. The second kappa shape index (κ2) is 5.59. The number of rotatable bonds is 3. The number of aryl methyl sites for hydroxylation is 3. The van der Waals surface area contributed by atoms with Crippen molar-refractivity contribution in [2.24, 2.45) is 5.73 Å². The van der Waals surface area contributed by atoms with E-state index in [4.69, 9.17) is 22.1 Å². The molecule has 2 aromatic rings. The van der Waals surface area contributed by atoms with Gasteiger partial charge < -0.3 is 10.5 Å². The number of hydrogen-bond donors (Lipinski definition) is 1. The van der Waals surface area contributed by atoms with Crippen LogP contribution in [0.2, 0.25) is 5.02 Å². The van der Waals surface area contributed by atoms with Crippen LogP contribution >= 0.6 is 11.6 Å². The van der Waals surface area contributed by atoms with Crippen molar-refractivity contribution in [1.29, 1.82) is 0 Å². The summed E-state index contributed by atoms with van der Waals surface area (Å²) in [5, 5.41) is 0.692. The van der Waals surface area contributed by atoms with Crippen LogP contribution in [-0.2, 0) is 6.54 Å². The van der Waals surface area contributed by atoms with Gasteiger partial charge >= 0.3 is 0 Å². The standard InChI is InChI=1S/C15H17ClN2O/c1-9-6-11(3)18-15(13(9)8-17)19-14-5-4-12(16)7-10(14)2/h4-7H,8,17H2,1-3H3. The van der Waals surface area contributed by atoms with Crippen LogP contribution in [0.15, 0.2) is 24.3 Å². The molecule has 0 saturated carbocycles. The Labute approximate surface area is 118 Å². The van der Waals surface area contributed by atoms with E-state index in [0.29, 0.717) is 17.4 Å². The minimum absolute atomic E-state index is 0.404. The SMILES string of the molecule is Cc1cc(C)c(CN)c(Oc2ccc(Cl)cc2C)n1. The number of hydrogen-bond acceptors (Lipinski definition) is 3. The van der Waals surface area contributed by atoms with Gasteiger partial charge in [-0.25, -0.2) is 4.98 Å². The molecule has 4 heteroatoms. The third-order valence-electron chi connectivity index (χ3n) is 2.99. The molecule has 0 aliphatic rings. The number of benzene rings is 1. The lowest BCUT2D eigenvalue weighted by atomic mass is 10.1. The lowest BCUT2D eigenvalue weighted by molar-refractivity contribution is 0.451. The predicted molar refractivity (Wildman–Crippen MR) is 77.9 cm³/mol. The molecule has 1 aromatic carbocycles. The lowest BCUT2D eigenvalue weighted by Gasteiger charge is -2.14. The predicted octanol–water partition coefficient (Wildman–Crippen LogP) is 3.91. The first kappa shape index (κ1) is 13.8. The molecule has 0 aliphatic heterocycles. The number of nitrogens with zero attached hydrogens (tertiary/aromatic N) is 1. The van der Waals surface area contributed by atoms with Gasteiger partial charge in [0.05, 0.1) is 0 Å². The Morgan fingerprint density at radius 2 is 1.89 bits per heavy atom. The first-order valence-electron chi connectivity index (χ1n) is 6.12. The maximum Gasteiger partial charge on any atom is 0.224 e. The number of pyridine rings is 1. The Kier molecular flexibility index (Phi) is 4.08. The fourth-order valence-electron chi connectivity index (χ4n) is 1.99. The van der Waals surface area contributed by atoms with Crippen LogP contribution < -0.4 is 10.5 Å². The van der Waals surface area contributed by atoms with Crippen molar-refractivity contribution >= 4 is 11.6 Å². The molecule has 1 aromatic heterocycles. The van der Waals surface area contributed by atoms with Crippen LogP contribution in [-0.4, -0.2) is 4.98 Å². The summed E-state index contributed by atoms with van der Waals surface area (Å²) in [5.41, 5.74) is 9.68. The largest absolute Gasteiger partial charge is 0.438 e. The molecule has 2 N–H and O–H groups in total. The maximum atomic E-state index is 5.94. The highest BCUT2D eigenvalue weighted by Crippen LogP contribution is 2.29. The molecule has 0 radical (unpaired) electrons. The molecule has 0 unspecified atom stereocenters. The van der Waals surface area contributed by atoms with Gasteiger partial charge in [-0.3, -0.25) is 0 Å². The number of ether oxygens (including phenoxy) is 1. The minimum atomic E-state index is 0.404. The van der Waals surface area contributed by atoms with E-state index < -0.39 is 0 Å². The normalized spacial score (nSPS) is 10.6. The van der Waals surface area contributed by atoms with Gasteiger partial charge in [0.15, 0.2) is 0 Å². The van der Waals surface area contributed by atoms with E-state index in [-0.39, 0.29) is 0 Å². The Hall–Kier alpha value is -1.58. The smallest absolute Gasteiger partial charge is 0.224 e. The summed E-state index contributed by atoms with van der Waals surface area (Å²) < 4.78 is 5.90. The fourth-order valence-corrected chi connectivity index (χ4v) is 2.22. The average molecular weight is 277 g/mol. The van der Waals surface area contributed by atoms with E-state index in [0.717, 1.165) is 28.1 Å². The summed E-state index contributed by atoms with van der Waals surface area (Å²) in [7, 11) is 0. The summed E-state index contributed by atoms with van der Waals surface area (Å²) in [6.07, 6.45) is 0. The van der Waals surface area contributed by atoms with Crippen molar-refractivity contribution in [2.75, 3.05) is 0 Å². The van der Waals surface area contributed by atoms with E-state index >= 15 is 0 Å². The van der Waals surface area contributed by atoms with Crippen molar-refractivity contribution in [2.45, 2.75) is 27.3 Å². The van der Waals surface area contributed by atoms with Crippen molar-refractivity contribution < 1.29 is 4.74 Å². The van der Waals surface area contributed by atoms with Crippen LogP contribution in [0.25, 0.3) is 0 Å². The third kappa shape index (κ3) is 3.06. The van der Waals surface area contributed by atoms with Gasteiger partial charge in [-0.05, 0) is 56.2 Å². The van der Waals surface area contributed by atoms with Gasteiger partial charge in [-0.2, -0.15) is 0 Å². The highest BCUT2D eigenvalue weighted by molar-refractivity contribution is 6.30. The molecule has 0 fully saturated rings. The van der Waals surface area contributed by atoms with Crippen LogP contribution in [0.1, 0.15) is 22.4 Å². The molecule has 2 rings (SSSR count). The van der Waals surface area contributed by atoms with Crippen LogP contribution in [0.5, 0.6) is 11.6 Å². The minimum Gasteiger partial charge on any atom is -0.438 e. The van der Waals surface area contributed by atoms with E-state index in [9.17, 15) is 0 Å². The van der Waals surface area contributed by atoms with Crippen molar-refractivity contribution in [3.63, 3.8) is 0 Å². The van der Waals surface area contributed by atoms with E-state index in [1.54, 1.807) is 6.07 Å². The summed E-state index contributed by atoms with van der Waals surface area (Å²) in [5.74, 6) is 1.32. The molecule has 3 nitrogen and oxygen atoms in total. The zero-order chi connectivity index (χ0) is 14.0. The summed E-state index contributed by atoms with van der Waals surface area (Å²) in [6, 6.07) is 7.51. The van der Waals surface area contributed by atoms with Gasteiger partial charge in [0.25, 0.3) is 0 Å². The Bertz CT molecular complexity index is 611. The number of nitrogens with two attached hydrogens (primary N) is 1. The molecular weight excluding hydrogens is 260 g/mol. The van der Waals surface area contributed by atoms with Crippen LogP contribution in [0.3, 0.4) is 0 Å². The molecule has 19 heavy (non-hydrogen) atoms. The first-order chi connectivity index (χ1) is 9.01. The summed E-state index contributed by atoms with van der Waals surface area (Å²) in [4.78, 5) is 4.43. The molecule has 100 valence electrons. The first-order valence-corrected chi connectivity index (χ1v) is 6.50. The van der Waals surface area contributed by atoms with Crippen LogP contribution in [0, 0.1) is 20.8 Å². The molecule has 0 bridgehead atoms. The Morgan fingerprint density at radius 1 is 1.16 bits per heavy atom. The van der Waals surface area contributed by atoms with Gasteiger partial charge in [-0.15, -0.1) is 0 Å². The second-order valence-corrected chi connectivity index (χ2v) is 5.02. The van der Waals surface area contributed by atoms with Gasteiger partial charge in [-0.1, -0.05) is 11.6 Å². The Morgan fingerprint density at radius 3 is 2.53 bits per heavy atom. The second-order valence-electron chi connectivity index (χ2n) is 4.58. The van der Waals surface area contributed by atoms with Gasteiger partial charge in [0.2, 0.25) is 5.88 Å². The zero-order valence-corrected chi connectivity index (χ0v) is 12.1. The van der Waals surface area contributed by atoms with Gasteiger partial charge in [0, 0.05) is 22.8 Å². The highest BCUT2D eigenvalue weighted by Gasteiger charge is 2.11. The topological polar surface area (TPSA) is 48.1 Å². The molecule has 0 saturated heterocycles. The molecule has 0 aliphatic carbocycles. The highest BCUT2D eigenvalue weighted by atomic mass is 35.5. The van der Waals surface area contributed by atoms with E-state index in [1.807, 2.05) is 39.0 Å².